The maximum atomic E-state index is 12.6. The van der Waals surface area contributed by atoms with Crippen LogP contribution in [0.3, 0.4) is 0 Å². The molecule has 2 aliphatic rings. The van der Waals surface area contributed by atoms with Crippen LogP contribution in [0.1, 0.15) is 32.3 Å². The van der Waals surface area contributed by atoms with Crippen LogP contribution < -0.4 is 0 Å². The van der Waals surface area contributed by atoms with Crippen LogP contribution >= 0.6 is 0 Å². The molecule has 0 spiro atoms. The molecule has 2 aliphatic heterocycles. The molecule has 3 rings (SSSR count). The summed E-state index contributed by atoms with van der Waals surface area (Å²) in [7, 11) is 0. The van der Waals surface area contributed by atoms with E-state index < -0.39 is 0 Å². The molecule has 4 heteroatoms. The van der Waals surface area contributed by atoms with Crippen LogP contribution in [0.2, 0.25) is 0 Å². The van der Waals surface area contributed by atoms with Gasteiger partial charge in [0.2, 0.25) is 5.91 Å². The van der Waals surface area contributed by atoms with Gasteiger partial charge >= 0.3 is 0 Å². The number of nitrogens with zero attached hydrogens (tertiary/aromatic N) is 2. The summed E-state index contributed by atoms with van der Waals surface area (Å²) in [6, 6.07) is 10.00. The molecular weight excluding hydrogens is 264 g/mol. The number of rotatable bonds is 3. The molecule has 2 amide bonds. The van der Waals surface area contributed by atoms with Crippen molar-refractivity contribution in [2.45, 2.75) is 39.3 Å². The Balaban J connectivity index is 1.90. The van der Waals surface area contributed by atoms with Crippen molar-refractivity contribution < 1.29 is 9.59 Å². The fourth-order valence-electron chi connectivity index (χ4n) is 3.01. The number of carbonyl (C=O) groups excluding carboxylic acids is 2. The van der Waals surface area contributed by atoms with E-state index in [0.29, 0.717) is 31.6 Å². The van der Waals surface area contributed by atoms with E-state index in [-0.39, 0.29) is 17.9 Å². The fraction of sp³-hybridized carbons (Fsp3) is 0.412. The molecule has 2 heterocycles. The van der Waals surface area contributed by atoms with Crippen molar-refractivity contribution in [2.24, 2.45) is 0 Å². The third-order valence-corrected chi connectivity index (χ3v) is 4.18. The highest BCUT2D eigenvalue weighted by molar-refractivity contribution is 6.01. The number of benzene rings is 1. The zero-order valence-electron chi connectivity index (χ0n) is 12.5. The zero-order chi connectivity index (χ0) is 15.0. The summed E-state index contributed by atoms with van der Waals surface area (Å²) in [5.74, 6) is 0.0561. The molecule has 0 radical (unpaired) electrons. The quantitative estimate of drug-likeness (QED) is 0.854. The lowest BCUT2D eigenvalue weighted by molar-refractivity contribution is -0.136. The van der Waals surface area contributed by atoms with Gasteiger partial charge in [0.25, 0.3) is 5.91 Å². The van der Waals surface area contributed by atoms with E-state index in [2.05, 4.69) is 0 Å². The van der Waals surface area contributed by atoms with Gasteiger partial charge in [-0.3, -0.25) is 9.59 Å². The molecule has 110 valence electrons. The minimum Gasteiger partial charge on any atom is -0.331 e. The first kappa shape index (κ1) is 13.9. The third kappa shape index (κ3) is 2.46. The normalized spacial score (nSPS) is 18.8. The van der Waals surface area contributed by atoms with Gasteiger partial charge < -0.3 is 9.80 Å². The molecule has 21 heavy (non-hydrogen) atoms. The van der Waals surface area contributed by atoms with Crippen molar-refractivity contribution in [1.29, 1.82) is 0 Å². The topological polar surface area (TPSA) is 40.6 Å². The second-order valence-electron chi connectivity index (χ2n) is 5.94. The SMILES string of the molecule is CC(C)N1CC2=C(C1=O)N(Cc1ccccc1)C(=O)CC2. The van der Waals surface area contributed by atoms with Gasteiger partial charge in [-0.15, -0.1) is 0 Å². The van der Waals surface area contributed by atoms with Gasteiger partial charge in [0.05, 0.1) is 6.54 Å². The Morgan fingerprint density at radius 1 is 1.10 bits per heavy atom. The molecule has 0 aromatic heterocycles. The standard InChI is InChI=1S/C17H20N2O2/c1-12(2)18-11-14-8-9-15(20)19(16(14)17(18)21)10-13-6-4-3-5-7-13/h3-7,12H,8-11H2,1-2H3. The van der Waals surface area contributed by atoms with Gasteiger partial charge in [0, 0.05) is 19.0 Å². The summed E-state index contributed by atoms with van der Waals surface area (Å²) in [6.45, 7) is 5.18. The van der Waals surface area contributed by atoms with Crippen LogP contribution in [0.15, 0.2) is 41.6 Å². The lowest BCUT2D eigenvalue weighted by Crippen LogP contribution is -2.39. The average molecular weight is 284 g/mol. The Morgan fingerprint density at radius 3 is 2.48 bits per heavy atom. The molecule has 0 N–H and O–H groups in total. The van der Waals surface area contributed by atoms with Gasteiger partial charge in [0.15, 0.2) is 0 Å². The highest BCUT2D eigenvalue weighted by Gasteiger charge is 2.39. The van der Waals surface area contributed by atoms with E-state index in [1.807, 2.05) is 49.1 Å². The number of carbonyl (C=O) groups is 2. The monoisotopic (exact) mass is 284 g/mol. The zero-order valence-corrected chi connectivity index (χ0v) is 12.5. The molecule has 0 atom stereocenters. The maximum absolute atomic E-state index is 12.6. The van der Waals surface area contributed by atoms with Crippen LogP contribution in [-0.2, 0) is 16.1 Å². The highest BCUT2D eigenvalue weighted by Crippen LogP contribution is 2.32. The molecule has 1 aromatic carbocycles. The van der Waals surface area contributed by atoms with Crippen molar-refractivity contribution in [3.05, 3.63) is 47.2 Å². The Morgan fingerprint density at radius 2 is 1.81 bits per heavy atom. The first-order valence-corrected chi connectivity index (χ1v) is 7.45. The van der Waals surface area contributed by atoms with Crippen LogP contribution in [0.5, 0.6) is 0 Å². The first-order valence-electron chi connectivity index (χ1n) is 7.45. The summed E-state index contributed by atoms with van der Waals surface area (Å²) in [6.07, 6.45) is 1.22. The minimum atomic E-state index is 0.00369. The summed E-state index contributed by atoms with van der Waals surface area (Å²) in [4.78, 5) is 28.4. The summed E-state index contributed by atoms with van der Waals surface area (Å²) in [5, 5.41) is 0. The Hall–Kier alpha value is -2.10. The smallest absolute Gasteiger partial charge is 0.271 e. The van der Waals surface area contributed by atoms with Crippen molar-refractivity contribution >= 4 is 11.8 Å². The first-order chi connectivity index (χ1) is 10.1. The fourth-order valence-corrected chi connectivity index (χ4v) is 3.01. The minimum absolute atomic E-state index is 0.00369. The van der Waals surface area contributed by atoms with Crippen molar-refractivity contribution in [1.82, 2.24) is 9.80 Å². The van der Waals surface area contributed by atoms with E-state index >= 15 is 0 Å². The van der Waals surface area contributed by atoms with Gasteiger partial charge in [-0.1, -0.05) is 30.3 Å². The van der Waals surface area contributed by atoms with Crippen molar-refractivity contribution in [2.75, 3.05) is 6.54 Å². The molecular formula is C17H20N2O2. The molecule has 0 unspecified atom stereocenters. The van der Waals surface area contributed by atoms with E-state index in [4.69, 9.17) is 0 Å². The van der Waals surface area contributed by atoms with E-state index in [9.17, 15) is 9.59 Å². The largest absolute Gasteiger partial charge is 0.331 e. The van der Waals surface area contributed by atoms with E-state index in [0.717, 1.165) is 11.1 Å². The summed E-state index contributed by atoms with van der Waals surface area (Å²) >= 11 is 0. The molecule has 0 saturated carbocycles. The van der Waals surface area contributed by atoms with Crippen LogP contribution in [0, 0.1) is 0 Å². The maximum Gasteiger partial charge on any atom is 0.271 e. The molecule has 1 aromatic rings. The van der Waals surface area contributed by atoms with Crippen molar-refractivity contribution in [3.8, 4) is 0 Å². The predicted molar refractivity (Wildman–Crippen MR) is 80.1 cm³/mol. The van der Waals surface area contributed by atoms with Gasteiger partial charge in [-0.2, -0.15) is 0 Å². The van der Waals surface area contributed by atoms with Crippen LogP contribution in [0.25, 0.3) is 0 Å². The second kappa shape index (κ2) is 5.35. The average Bonchev–Trinajstić information content (AvgIpc) is 2.81. The summed E-state index contributed by atoms with van der Waals surface area (Å²) in [5.41, 5.74) is 2.79. The highest BCUT2D eigenvalue weighted by atomic mass is 16.2. The van der Waals surface area contributed by atoms with E-state index in [1.165, 1.54) is 0 Å². The second-order valence-corrected chi connectivity index (χ2v) is 5.94. The lowest BCUT2D eigenvalue weighted by Gasteiger charge is -2.28. The van der Waals surface area contributed by atoms with Crippen LogP contribution in [-0.4, -0.2) is 34.2 Å². The Labute approximate surface area is 125 Å². The molecule has 0 saturated heterocycles. The van der Waals surface area contributed by atoms with E-state index in [1.54, 1.807) is 4.90 Å². The molecule has 0 fully saturated rings. The molecule has 4 nitrogen and oxygen atoms in total. The van der Waals surface area contributed by atoms with Gasteiger partial charge in [-0.05, 0) is 31.4 Å². The number of hydrogen-bond acceptors (Lipinski definition) is 2. The van der Waals surface area contributed by atoms with Gasteiger partial charge in [-0.25, -0.2) is 0 Å². The van der Waals surface area contributed by atoms with Crippen molar-refractivity contribution in [3.63, 3.8) is 0 Å². The predicted octanol–water partition coefficient (Wildman–Crippen LogP) is 2.31. The van der Waals surface area contributed by atoms with Crippen LogP contribution in [0.4, 0.5) is 0 Å². The number of amides is 2. The Kier molecular flexibility index (Phi) is 3.53. The molecule has 0 bridgehead atoms. The Bertz CT molecular complexity index is 604. The molecule has 0 aliphatic carbocycles. The lowest BCUT2D eigenvalue weighted by atomic mass is 10.0. The van der Waals surface area contributed by atoms with Gasteiger partial charge in [0.1, 0.15) is 5.70 Å². The summed E-state index contributed by atoms with van der Waals surface area (Å²) < 4.78 is 0. The third-order valence-electron chi connectivity index (χ3n) is 4.18. The number of hydrogen-bond donors (Lipinski definition) is 0.